The first-order valence-electron chi connectivity index (χ1n) is 9.59. The highest BCUT2D eigenvalue weighted by Gasteiger charge is 2.12. The average Bonchev–Trinajstić information content (AvgIpc) is 2.80. The van der Waals surface area contributed by atoms with E-state index in [1.807, 2.05) is 6.92 Å². The number of halogens is 1. The van der Waals surface area contributed by atoms with Crippen molar-refractivity contribution in [2.24, 2.45) is 5.10 Å². The van der Waals surface area contributed by atoms with Gasteiger partial charge in [0.2, 0.25) is 0 Å². The van der Waals surface area contributed by atoms with Crippen molar-refractivity contribution in [1.29, 1.82) is 0 Å². The quantitative estimate of drug-likeness (QED) is 0.173. The Kier molecular flexibility index (Phi) is 7.72. The van der Waals surface area contributed by atoms with Crippen LogP contribution in [0.3, 0.4) is 0 Å². The zero-order valence-electron chi connectivity index (χ0n) is 17.4. The normalized spacial score (nSPS) is 10.6. The lowest BCUT2D eigenvalue weighted by Gasteiger charge is -2.07. The standard InChI is InChI=1S/C23H18ClN3O6/c1-15-11-19(9-10-21(15)24)32-14-22(28)26-25-13-16-3-2-4-20(12-16)33-23(29)17-5-7-18(8-6-17)27(30)31/h2-13H,14H2,1H3,(H,26,28). The van der Waals surface area contributed by atoms with Gasteiger partial charge in [-0.05, 0) is 60.5 Å². The number of nitro benzene ring substituents is 1. The van der Waals surface area contributed by atoms with Crippen molar-refractivity contribution in [1.82, 2.24) is 5.43 Å². The third-order valence-electron chi connectivity index (χ3n) is 4.28. The third kappa shape index (κ3) is 6.88. The van der Waals surface area contributed by atoms with Crippen LogP contribution >= 0.6 is 11.6 Å². The van der Waals surface area contributed by atoms with Gasteiger partial charge in [0.25, 0.3) is 11.6 Å². The largest absolute Gasteiger partial charge is 0.484 e. The fraction of sp³-hybridized carbons (Fsp3) is 0.0870. The number of hydrazone groups is 1. The van der Waals surface area contributed by atoms with Crippen molar-refractivity contribution in [3.63, 3.8) is 0 Å². The van der Waals surface area contributed by atoms with Crippen LogP contribution in [0, 0.1) is 17.0 Å². The van der Waals surface area contributed by atoms with E-state index in [0.29, 0.717) is 16.3 Å². The minimum atomic E-state index is -0.665. The van der Waals surface area contributed by atoms with Crippen molar-refractivity contribution >= 4 is 35.4 Å². The van der Waals surface area contributed by atoms with Gasteiger partial charge in [0.15, 0.2) is 6.61 Å². The van der Waals surface area contributed by atoms with Crippen LogP contribution in [0.1, 0.15) is 21.5 Å². The smallest absolute Gasteiger partial charge is 0.343 e. The van der Waals surface area contributed by atoms with Crippen molar-refractivity contribution in [2.45, 2.75) is 6.92 Å². The van der Waals surface area contributed by atoms with E-state index in [4.69, 9.17) is 21.1 Å². The molecule has 3 aromatic carbocycles. The minimum absolute atomic E-state index is 0.125. The molecule has 0 unspecified atom stereocenters. The first-order valence-corrected chi connectivity index (χ1v) is 9.97. The maximum Gasteiger partial charge on any atom is 0.343 e. The number of non-ortho nitro benzene ring substituents is 1. The summed E-state index contributed by atoms with van der Waals surface area (Å²) in [6.07, 6.45) is 1.38. The molecular formula is C23H18ClN3O6. The van der Waals surface area contributed by atoms with Crippen LogP contribution in [0.2, 0.25) is 5.02 Å². The number of esters is 1. The predicted octanol–water partition coefficient (Wildman–Crippen LogP) is 4.30. The summed E-state index contributed by atoms with van der Waals surface area (Å²) in [5.74, 6) is -0.366. The Hall–Kier alpha value is -4.24. The van der Waals surface area contributed by atoms with Crippen molar-refractivity contribution < 1.29 is 24.0 Å². The number of hydrogen-bond donors (Lipinski definition) is 1. The molecule has 33 heavy (non-hydrogen) atoms. The van der Waals surface area contributed by atoms with Gasteiger partial charge in [0.05, 0.1) is 16.7 Å². The molecule has 3 rings (SSSR count). The minimum Gasteiger partial charge on any atom is -0.484 e. The molecule has 0 aromatic heterocycles. The Morgan fingerprint density at radius 2 is 1.85 bits per heavy atom. The highest BCUT2D eigenvalue weighted by Crippen LogP contribution is 2.21. The molecule has 0 heterocycles. The molecule has 0 aliphatic heterocycles. The second-order valence-electron chi connectivity index (χ2n) is 6.76. The molecule has 0 aliphatic carbocycles. The number of nitro groups is 1. The summed E-state index contributed by atoms with van der Waals surface area (Å²) >= 11 is 5.95. The number of rotatable bonds is 8. The van der Waals surface area contributed by atoms with Crippen LogP contribution in [0.15, 0.2) is 71.8 Å². The topological polar surface area (TPSA) is 120 Å². The molecule has 1 amide bonds. The fourth-order valence-corrected chi connectivity index (χ4v) is 2.73. The molecule has 10 heteroatoms. The number of carbonyl (C=O) groups excluding carboxylic acids is 2. The lowest BCUT2D eigenvalue weighted by Crippen LogP contribution is -2.24. The molecule has 3 aromatic rings. The molecule has 0 fully saturated rings. The van der Waals surface area contributed by atoms with Crippen LogP contribution in [0.5, 0.6) is 11.5 Å². The summed E-state index contributed by atoms with van der Waals surface area (Å²) in [6, 6.07) is 16.6. The van der Waals surface area contributed by atoms with Crippen molar-refractivity contribution in [3.8, 4) is 11.5 Å². The molecule has 9 nitrogen and oxygen atoms in total. The molecule has 0 atom stereocenters. The molecule has 0 saturated heterocycles. The van der Waals surface area contributed by atoms with Crippen LogP contribution < -0.4 is 14.9 Å². The van der Waals surface area contributed by atoms with Gasteiger partial charge in [-0.3, -0.25) is 14.9 Å². The first kappa shape index (κ1) is 23.4. The second kappa shape index (κ2) is 10.9. The average molecular weight is 468 g/mol. The van der Waals surface area contributed by atoms with E-state index in [2.05, 4.69) is 10.5 Å². The zero-order valence-corrected chi connectivity index (χ0v) is 18.1. The summed E-state index contributed by atoms with van der Waals surface area (Å²) in [4.78, 5) is 34.3. The van der Waals surface area contributed by atoms with Crippen LogP contribution in [-0.4, -0.2) is 29.6 Å². The lowest BCUT2D eigenvalue weighted by atomic mass is 10.2. The summed E-state index contributed by atoms with van der Waals surface area (Å²) in [6.45, 7) is 1.60. The van der Waals surface area contributed by atoms with E-state index < -0.39 is 16.8 Å². The molecule has 0 saturated carbocycles. The Morgan fingerprint density at radius 1 is 1.09 bits per heavy atom. The highest BCUT2D eigenvalue weighted by atomic mass is 35.5. The molecule has 0 aliphatic rings. The monoisotopic (exact) mass is 467 g/mol. The SMILES string of the molecule is Cc1cc(OCC(=O)NN=Cc2cccc(OC(=O)c3ccc([N+](=O)[O-])cc3)c2)ccc1Cl. The number of hydrogen-bond acceptors (Lipinski definition) is 7. The number of amides is 1. The molecular weight excluding hydrogens is 450 g/mol. The zero-order chi connectivity index (χ0) is 23.8. The Labute approximate surface area is 193 Å². The van der Waals surface area contributed by atoms with Gasteiger partial charge in [-0.2, -0.15) is 5.10 Å². The van der Waals surface area contributed by atoms with E-state index in [1.165, 1.54) is 30.5 Å². The number of carbonyl (C=O) groups is 2. The number of benzene rings is 3. The Bertz CT molecular complexity index is 1210. The lowest BCUT2D eigenvalue weighted by molar-refractivity contribution is -0.384. The van der Waals surface area contributed by atoms with Crippen molar-refractivity contribution in [2.75, 3.05) is 6.61 Å². The van der Waals surface area contributed by atoms with Crippen LogP contribution in [-0.2, 0) is 4.79 Å². The fourth-order valence-electron chi connectivity index (χ4n) is 2.61. The molecule has 0 radical (unpaired) electrons. The van der Waals surface area contributed by atoms with E-state index in [9.17, 15) is 19.7 Å². The predicted molar refractivity (Wildman–Crippen MR) is 122 cm³/mol. The number of ether oxygens (including phenoxy) is 2. The summed E-state index contributed by atoms with van der Waals surface area (Å²) in [5.41, 5.74) is 3.79. The maximum absolute atomic E-state index is 12.2. The van der Waals surface area contributed by atoms with Gasteiger partial charge in [0.1, 0.15) is 11.5 Å². The van der Waals surface area contributed by atoms with Crippen molar-refractivity contribution in [3.05, 3.63) is 98.6 Å². The Morgan fingerprint density at radius 3 is 2.55 bits per heavy atom. The molecule has 1 N–H and O–H groups in total. The van der Waals surface area contributed by atoms with E-state index >= 15 is 0 Å². The van der Waals surface area contributed by atoms with Gasteiger partial charge in [0, 0.05) is 17.2 Å². The van der Waals surface area contributed by atoms with Gasteiger partial charge in [-0.15, -0.1) is 0 Å². The second-order valence-corrected chi connectivity index (χ2v) is 7.17. The third-order valence-corrected chi connectivity index (χ3v) is 4.71. The Balaban J connectivity index is 1.52. The number of nitrogens with zero attached hydrogens (tertiary/aromatic N) is 2. The first-order chi connectivity index (χ1) is 15.8. The van der Waals surface area contributed by atoms with Crippen LogP contribution in [0.4, 0.5) is 5.69 Å². The molecule has 0 spiro atoms. The van der Waals surface area contributed by atoms with E-state index in [0.717, 1.165) is 5.56 Å². The van der Waals surface area contributed by atoms with E-state index in [-0.39, 0.29) is 23.6 Å². The summed E-state index contributed by atoms with van der Waals surface area (Å²) in [5, 5.41) is 15.2. The van der Waals surface area contributed by atoms with Gasteiger partial charge < -0.3 is 9.47 Å². The summed E-state index contributed by atoms with van der Waals surface area (Å²) < 4.78 is 10.7. The van der Waals surface area contributed by atoms with Gasteiger partial charge in [-0.1, -0.05) is 23.7 Å². The van der Waals surface area contributed by atoms with Crippen LogP contribution in [0.25, 0.3) is 0 Å². The number of aryl methyl sites for hydroxylation is 1. The maximum atomic E-state index is 12.2. The van der Waals surface area contributed by atoms with Gasteiger partial charge in [-0.25, -0.2) is 10.2 Å². The summed E-state index contributed by atoms with van der Waals surface area (Å²) in [7, 11) is 0. The van der Waals surface area contributed by atoms with Gasteiger partial charge >= 0.3 is 5.97 Å². The molecule has 168 valence electrons. The number of nitrogens with one attached hydrogen (secondary N) is 1. The van der Waals surface area contributed by atoms with E-state index in [1.54, 1.807) is 42.5 Å². The molecule has 0 bridgehead atoms. The highest BCUT2D eigenvalue weighted by molar-refractivity contribution is 6.31.